The number of aliphatic hydroxyl groups is 1. The van der Waals surface area contributed by atoms with Crippen LogP contribution in [0.25, 0.3) is 0 Å². The SMILES string of the molecule is CCCCCCCCCC/C=C\CCCCCCCCCCCCCCCCCCCCCCCCCC(=O)OC(CO)COC(=O)CCCCCCCCCCCCCCCCCCCCCCCCCCCCC. The molecule has 0 aromatic heterocycles. The van der Waals surface area contributed by atoms with Gasteiger partial charge in [0.05, 0.1) is 6.61 Å². The van der Waals surface area contributed by atoms with Gasteiger partial charge in [0.25, 0.3) is 0 Å². The molecule has 0 amide bonds. The zero-order chi connectivity index (χ0) is 54.8. The van der Waals surface area contributed by atoms with Crippen molar-refractivity contribution < 1.29 is 24.2 Å². The molecule has 1 atom stereocenters. The second-order valence-electron chi connectivity index (χ2n) is 24.3. The van der Waals surface area contributed by atoms with Crippen LogP contribution < -0.4 is 0 Å². The number of rotatable bonds is 67. The Labute approximate surface area is 477 Å². The van der Waals surface area contributed by atoms with Crippen LogP contribution in [0.1, 0.15) is 412 Å². The van der Waals surface area contributed by atoms with E-state index in [1.807, 2.05) is 0 Å². The molecule has 76 heavy (non-hydrogen) atoms. The van der Waals surface area contributed by atoms with Crippen molar-refractivity contribution in [3.63, 3.8) is 0 Å². The van der Waals surface area contributed by atoms with Crippen LogP contribution in [0.4, 0.5) is 0 Å². The molecular weight excluding hydrogens is 933 g/mol. The third kappa shape index (κ3) is 65.2. The van der Waals surface area contributed by atoms with E-state index in [-0.39, 0.29) is 25.2 Å². The number of aliphatic hydroxyl groups excluding tert-OH is 1. The molecule has 0 aromatic carbocycles. The van der Waals surface area contributed by atoms with Gasteiger partial charge >= 0.3 is 11.9 Å². The van der Waals surface area contributed by atoms with E-state index in [1.54, 1.807) is 0 Å². The third-order valence-electron chi connectivity index (χ3n) is 16.6. The van der Waals surface area contributed by atoms with Gasteiger partial charge in [-0.05, 0) is 38.5 Å². The number of unbranched alkanes of at least 4 members (excludes halogenated alkanes) is 57. The van der Waals surface area contributed by atoms with Crippen molar-refractivity contribution >= 4 is 11.9 Å². The van der Waals surface area contributed by atoms with Gasteiger partial charge in [-0.1, -0.05) is 373 Å². The van der Waals surface area contributed by atoms with E-state index in [9.17, 15) is 14.7 Å². The van der Waals surface area contributed by atoms with Crippen molar-refractivity contribution in [2.45, 2.75) is 418 Å². The van der Waals surface area contributed by atoms with Gasteiger partial charge in [-0.25, -0.2) is 0 Å². The van der Waals surface area contributed by atoms with E-state index in [4.69, 9.17) is 9.47 Å². The Morgan fingerprint density at radius 1 is 0.289 bits per heavy atom. The lowest BCUT2D eigenvalue weighted by molar-refractivity contribution is -0.161. The maximum absolute atomic E-state index is 12.4. The standard InChI is InChI=1S/C71H138O5/c1-3-5-7-9-11-13-15-17-19-21-23-25-27-29-31-32-33-34-35-36-37-38-40-42-44-46-48-50-52-54-56-58-60-62-64-66-71(74)76-69(67-72)68-75-70(73)65-63-61-59-57-55-53-51-49-47-45-43-41-39-30-28-26-24-22-20-18-16-14-12-10-8-6-4-2/h21,23,69,72H,3-20,22,24-68H2,1-2H3/b23-21-. The molecule has 5 heteroatoms. The highest BCUT2D eigenvalue weighted by Crippen LogP contribution is 2.19. The van der Waals surface area contributed by atoms with Gasteiger partial charge in [-0.3, -0.25) is 9.59 Å². The molecule has 0 aliphatic rings. The summed E-state index contributed by atoms with van der Waals surface area (Å²) in [6.07, 6.45) is 86.9. The summed E-state index contributed by atoms with van der Waals surface area (Å²) in [6.45, 7) is 4.22. The molecule has 0 aromatic rings. The highest BCUT2D eigenvalue weighted by molar-refractivity contribution is 5.70. The second-order valence-corrected chi connectivity index (χ2v) is 24.3. The number of hydrogen-bond acceptors (Lipinski definition) is 5. The highest BCUT2D eigenvalue weighted by Gasteiger charge is 2.16. The summed E-state index contributed by atoms with van der Waals surface area (Å²) in [4.78, 5) is 24.6. The Balaban J connectivity index is 3.36. The summed E-state index contributed by atoms with van der Waals surface area (Å²) in [5, 5.41) is 9.70. The van der Waals surface area contributed by atoms with E-state index >= 15 is 0 Å². The van der Waals surface area contributed by atoms with Gasteiger partial charge < -0.3 is 14.6 Å². The Morgan fingerprint density at radius 2 is 0.487 bits per heavy atom. The molecule has 0 rings (SSSR count). The third-order valence-corrected chi connectivity index (χ3v) is 16.6. The van der Waals surface area contributed by atoms with Crippen molar-refractivity contribution in [3.8, 4) is 0 Å². The molecule has 0 saturated carbocycles. The molecule has 5 nitrogen and oxygen atoms in total. The summed E-state index contributed by atoms with van der Waals surface area (Å²) in [5.74, 6) is -0.560. The maximum Gasteiger partial charge on any atom is 0.306 e. The van der Waals surface area contributed by atoms with Crippen molar-refractivity contribution in [2.75, 3.05) is 13.2 Å². The fraction of sp³-hybridized carbons (Fsp3) is 0.944. The minimum atomic E-state index is -0.767. The Bertz CT molecular complexity index is 1120. The molecule has 0 heterocycles. The van der Waals surface area contributed by atoms with Gasteiger partial charge in [0, 0.05) is 12.8 Å². The topological polar surface area (TPSA) is 72.8 Å². The number of esters is 2. The average Bonchev–Trinajstić information content (AvgIpc) is 3.42. The molecule has 1 unspecified atom stereocenters. The molecule has 0 bridgehead atoms. The molecule has 1 N–H and O–H groups in total. The number of ether oxygens (including phenoxy) is 2. The first-order valence-electron chi connectivity index (χ1n) is 35.2. The first-order valence-corrected chi connectivity index (χ1v) is 35.2. The zero-order valence-corrected chi connectivity index (χ0v) is 52.1. The lowest BCUT2D eigenvalue weighted by Gasteiger charge is -2.15. The molecule has 0 fully saturated rings. The van der Waals surface area contributed by atoms with Crippen molar-refractivity contribution in [1.82, 2.24) is 0 Å². The normalized spacial score (nSPS) is 12.1. The van der Waals surface area contributed by atoms with Crippen LogP contribution in [0, 0.1) is 0 Å². The van der Waals surface area contributed by atoms with Gasteiger partial charge in [0.2, 0.25) is 0 Å². The fourth-order valence-corrected chi connectivity index (χ4v) is 11.3. The lowest BCUT2D eigenvalue weighted by Crippen LogP contribution is -2.28. The van der Waals surface area contributed by atoms with E-state index < -0.39 is 6.10 Å². The van der Waals surface area contributed by atoms with Crippen molar-refractivity contribution in [2.24, 2.45) is 0 Å². The zero-order valence-electron chi connectivity index (χ0n) is 52.1. The molecule has 0 spiro atoms. The monoisotopic (exact) mass is 1070 g/mol. The van der Waals surface area contributed by atoms with Crippen LogP contribution in [0.15, 0.2) is 12.2 Å². The van der Waals surface area contributed by atoms with Crippen LogP contribution in [-0.2, 0) is 19.1 Å². The van der Waals surface area contributed by atoms with E-state index in [1.165, 1.54) is 353 Å². The summed E-state index contributed by atoms with van der Waals surface area (Å²) in [6, 6.07) is 0. The Morgan fingerprint density at radius 3 is 0.711 bits per heavy atom. The smallest absolute Gasteiger partial charge is 0.306 e. The van der Waals surface area contributed by atoms with Gasteiger partial charge in [-0.15, -0.1) is 0 Å². The molecule has 0 aliphatic carbocycles. The summed E-state index contributed by atoms with van der Waals surface area (Å²) < 4.78 is 10.8. The molecule has 0 radical (unpaired) electrons. The molecule has 0 aliphatic heterocycles. The van der Waals surface area contributed by atoms with Gasteiger partial charge in [0.15, 0.2) is 6.10 Å². The number of hydrogen-bond donors (Lipinski definition) is 1. The fourth-order valence-electron chi connectivity index (χ4n) is 11.3. The van der Waals surface area contributed by atoms with Crippen molar-refractivity contribution in [3.05, 3.63) is 12.2 Å². The second kappa shape index (κ2) is 67.9. The molecule has 452 valence electrons. The Hall–Kier alpha value is -1.36. The Kier molecular flexibility index (Phi) is 66.7. The van der Waals surface area contributed by atoms with E-state index in [0.29, 0.717) is 12.8 Å². The number of carbonyl (C=O) groups excluding carboxylic acids is 2. The summed E-state index contributed by atoms with van der Waals surface area (Å²) in [5.41, 5.74) is 0. The summed E-state index contributed by atoms with van der Waals surface area (Å²) in [7, 11) is 0. The minimum Gasteiger partial charge on any atom is -0.462 e. The quantitative estimate of drug-likeness (QED) is 0.0373. The largest absolute Gasteiger partial charge is 0.462 e. The predicted molar refractivity (Wildman–Crippen MR) is 335 cm³/mol. The average molecular weight is 1070 g/mol. The first-order chi connectivity index (χ1) is 37.6. The van der Waals surface area contributed by atoms with Gasteiger partial charge in [0.1, 0.15) is 6.61 Å². The first kappa shape index (κ1) is 74.6. The highest BCUT2D eigenvalue weighted by atomic mass is 16.6. The van der Waals surface area contributed by atoms with Crippen LogP contribution in [0.2, 0.25) is 0 Å². The molecular formula is C71H138O5. The number of allylic oxidation sites excluding steroid dienone is 2. The maximum atomic E-state index is 12.4. The predicted octanol–water partition coefficient (Wildman–Crippen LogP) is 24.2. The van der Waals surface area contributed by atoms with E-state index in [0.717, 1.165) is 32.1 Å². The van der Waals surface area contributed by atoms with Crippen LogP contribution in [0.3, 0.4) is 0 Å². The van der Waals surface area contributed by atoms with Crippen molar-refractivity contribution in [1.29, 1.82) is 0 Å². The van der Waals surface area contributed by atoms with Crippen LogP contribution >= 0.6 is 0 Å². The van der Waals surface area contributed by atoms with Crippen LogP contribution in [-0.4, -0.2) is 36.4 Å². The van der Waals surface area contributed by atoms with Crippen LogP contribution in [0.5, 0.6) is 0 Å². The minimum absolute atomic E-state index is 0.0564. The van der Waals surface area contributed by atoms with Gasteiger partial charge in [-0.2, -0.15) is 0 Å². The number of carbonyl (C=O) groups is 2. The molecule has 0 saturated heterocycles. The summed E-state index contributed by atoms with van der Waals surface area (Å²) >= 11 is 0. The van der Waals surface area contributed by atoms with E-state index in [2.05, 4.69) is 26.0 Å². The lowest BCUT2D eigenvalue weighted by atomic mass is 10.0.